The van der Waals surface area contributed by atoms with E-state index in [4.69, 9.17) is 0 Å². The summed E-state index contributed by atoms with van der Waals surface area (Å²) in [4.78, 5) is 16.2. The molecule has 0 aromatic carbocycles. The van der Waals surface area contributed by atoms with Crippen LogP contribution in [0.3, 0.4) is 0 Å². The van der Waals surface area contributed by atoms with Crippen LogP contribution in [0.25, 0.3) is 0 Å². The Kier molecular flexibility index (Phi) is 4.19. The summed E-state index contributed by atoms with van der Waals surface area (Å²) in [6, 6.07) is -0.121. The summed E-state index contributed by atoms with van der Waals surface area (Å²) in [5.41, 5.74) is 1.80. The number of amides is 1. The molecule has 0 radical (unpaired) electrons. The molecule has 1 fully saturated rings. The van der Waals surface area contributed by atoms with Crippen LogP contribution in [-0.4, -0.2) is 33.7 Å². The molecule has 0 unspecified atom stereocenters. The van der Waals surface area contributed by atoms with Crippen molar-refractivity contribution in [3.8, 4) is 0 Å². The first kappa shape index (κ1) is 12.9. The van der Waals surface area contributed by atoms with Gasteiger partial charge in [0.2, 0.25) is 11.9 Å². The van der Waals surface area contributed by atoms with Crippen LogP contribution >= 0.6 is 0 Å². The van der Waals surface area contributed by atoms with Crippen LogP contribution in [0.2, 0.25) is 0 Å². The average molecular weight is 249 g/mol. The zero-order valence-corrected chi connectivity index (χ0v) is 10.9. The van der Waals surface area contributed by atoms with Crippen LogP contribution in [0.1, 0.15) is 38.1 Å². The SMILES string of the molecule is CCc1nnc(NC(=O)[C@@H]2CCCN2)nc1CC. The van der Waals surface area contributed by atoms with E-state index in [1.165, 1.54) is 0 Å². The first-order valence-corrected chi connectivity index (χ1v) is 6.51. The Bertz CT molecular complexity index is 428. The van der Waals surface area contributed by atoms with E-state index < -0.39 is 0 Å². The minimum Gasteiger partial charge on any atom is -0.306 e. The molecule has 1 atom stereocenters. The molecule has 0 saturated carbocycles. The first-order valence-electron chi connectivity index (χ1n) is 6.51. The van der Waals surface area contributed by atoms with Gasteiger partial charge in [-0.25, -0.2) is 4.98 Å². The first-order chi connectivity index (χ1) is 8.74. The lowest BCUT2D eigenvalue weighted by atomic mass is 10.2. The average Bonchev–Trinajstić information content (AvgIpc) is 2.92. The molecule has 0 spiro atoms. The van der Waals surface area contributed by atoms with Gasteiger partial charge in [0.05, 0.1) is 17.4 Å². The zero-order valence-electron chi connectivity index (χ0n) is 10.9. The lowest BCUT2D eigenvalue weighted by Crippen LogP contribution is -2.36. The molecule has 2 N–H and O–H groups in total. The third-order valence-electron chi connectivity index (χ3n) is 3.12. The van der Waals surface area contributed by atoms with E-state index in [-0.39, 0.29) is 11.9 Å². The number of aromatic nitrogens is 3. The predicted molar refractivity (Wildman–Crippen MR) is 68.2 cm³/mol. The zero-order chi connectivity index (χ0) is 13.0. The van der Waals surface area contributed by atoms with E-state index in [0.717, 1.165) is 43.6 Å². The number of rotatable bonds is 4. The van der Waals surface area contributed by atoms with Crippen LogP contribution in [0.15, 0.2) is 0 Å². The van der Waals surface area contributed by atoms with Gasteiger partial charge >= 0.3 is 0 Å². The predicted octanol–water partition coefficient (Wildman–Crippen LogP) is 0.687. The van der Waals surface area contributed by atoms with E-state index >= 15 is 0 Å². The fourth-order valence-electron chi connectivity index (χ4n) is 2.10. The van der Waals surface area contributed by atoms with E-state index in [9.17, 15) is 4.79 Å². The fourth-order valence-corrected chi connectivity index (χ4v) is 2.10. The summed E-state index contributed by atoms with van der Waals surface area (Å²) in [6.07, 6.45) is 3.50. The molecule has 6 heteroatoms. The number of hydrogen-bond acceptors (Lipinski definition) is 5. The maximum absolute atomic E-state index is 11.9. The van der Waals surface area contributed by atoms with Crippen LogP contribution in [-0.2, 0) is 17.6 Å². The Morgan fingerprint density at radius 1 is 1.33 bits per heavy atom. The molecule has 2 rings (SSSR count). The summed E-state index contributed by atoms with van der Waals surface area (Å²) < 4.78 is 0. The summed E-state index contributed by atoms with van der Waals surface area (Å²) in [5, 5.41) is 13.9. The molecule has 1 aromatic heterocycles. The maximum atomic E-state index is 11.9. The number of aryl methyl sites for hydroxylation is 2. The quantitative estimate of drug-likeness (QED) is 0.820. The van der Waals surface area contributed by atoms with Crippen molar-refractivity contribution >= 4 is 11.9 Å². The second-order valence-electron chi connectivity index (χ2n) is 4.37. The number of nitrogens with zero attached hydrogens (tertiary/aromatic N) is 3. The summed E-state index contributed by atoms with van der Waals surface area (Å²) in [7, 11) is 0. The maximum Gasteiger partial charge on any atom is 0.249 e. The van der Waals surface area contributed by atoms with Crippen LogP contribution in [0, 0.1) is 0 Å². The van der Waals surface area contributed by atoms with Crippen molar-refractivity contribution in [3.63, 3.8) is 0 Å². The molecule has 1 aliphatic heterocycles. The second kappa shape index (κ2) is 5.86. The fraction of sp³-hybridized carbons (Fsp3) is 0.667. The molecule has 6 nitrogen and oxygen atoms in total. The highest BCUT2D eigenvalue weighted by atomic mass is 16.2. The van der Waals surface area contributed by atoms with Gasteiger partial charge < -0.3 is 5.32 Å². The third kappa shape index (κ3) is 2.81. The molecular weight excluding hydrogens is 230 g/mol. The van der Waals surface area contributed by atoms with Gasteiger partial charge in [0.25, 0.3) is 0 Å². The Morgan fingerprint density at radius 3 is 2.72 bits per heavy atom. The van der Waals surface area contributed by atoms with Gasteiger partial charge in [0.15, 0.2) is 0 Å². The number of carbonyl (C=O) groups is 1. The lowest BCUT2D eigenvalue weighted by Gasteiger charge is -2.10. The van der Waals surface area contributed by atoms with E-state index in [2.05, 4.69) is 25.8 Å². The summed E-state index contributed by atoms with van der Waals surface area (Å²) in [6.45, 7) is 4.94. The van der Waals surface area contributed by atoms with E-state index in [1.807, 2.05) is 13.8 Å². The van der Waals surface area contributed by atoms with E-state index in [0.29, 0.717) is 5.95 Å². The van der Waals surface area contributed by atoms with Crippen LogP contribution < -0.4 is 10.6 Å². The normalized spacial score (nSPS) is 18.9. The Balaban J connectivity index is 2.06. The lowest BCUT2D eigenvalue weighted by molar-refractivity contribution is -0.117. The van der Waals surface area contributed by atoms with Crippen molar-refractivity contribution in [2.45, 2.75) is 45.6 Å². The highest BCUT2D eigenvalue weighted by Gasteiger charge is 2.22. The summed E-state index contributed by atoms with van der Waals surface area (Å²) >= 11 is 0. The van der Waals surface area contributed by atoms with Crippen molar-refractivity contribution < 1.29 is 4.79 Å². The highest BCUT2D eigenvalue weighted by Crippen LogP contribution is 2.09. The number of carbonyl (C=O) groups excluding carboxylic acids is 1. The minimum absolute atomic E-state index is 0.0689. The van der Waals surface area contributed by atoms with Gasteiger partial charge in [0.1, 0.15) is 0 Å². The highest BCUT2D eigenvalue weighted by molar-refractivity contribution is 5.93. The molecule has 1 aromatic rings. The third-order valence-corrected chi connectivity index (χ3v) is 3.12. The Labute approximate surface area is 107 Å². The number of anilines is 1. The van der Waals surface area contributed by atoms with E-state index in [1.54, 1.807) is 0 Å². The van der Waals surface area contributed by atoms with Gasteiger partial charge in [-0.2, -0.15) is 0 Å². The molecule has 1 amide bonds. The molecule has 0 bridgehead atoms. The molecular formula is C12H19N5O. The monoisotopic (exact) mass is 249 g/mol. The smallest absolute Gasteiger partial charge is 0.249 e. The molecule has 0 aliphatic carbocycles. The molecule has 2 heterocycles. The standard InChI is InChI=1S/C12H19N5O/c1-3-8-9(4-2)16-17-12(14-8)15-11(18)10-6-5-7-13-10/h10,13H,3-7H2,1-2H3,(H,14,15,17,18)/t10-/m0/s1. The molecule has 1 aliphatic rings. The minimum atomic E-state index is -0.121. The van der Waals surface area contributed by atoms with Crippen LogP contribution in [0.4, 0.5) is 5.95 Å². The van der Waals surface area contributed by atoms with Crippen molar-refractivity contribution in [1.82, 2.24) is 20.5 Å². The van der Waals surface area contributed by atoms with Gasteiger partial charge in [-0.3, -0.25) is 10.1 Å². The molecule has 1 saturated heterocycles. The Morgan fingerprint density at radius 2 is 2.11 bits per heavy atom. The van der Waals surface area contributed by atoms with Crippen molar-refractivity contribution in [1.29, 1.82) is 0 Å². The largest absolute Gasteiger partial charge is 0.306 e. The van der Waals surface area contributed by atoms with Crippen molar-refractivity contribution in [3.05, 3.63) is 11.4 Å². The van der Waals surface area contributed by atoms with Crippen LogP contribution in [0.5, 0.6) is 0 Å². The summed E-state index contributed by atoms with van der Waals surface area (Å²) in [5.74, 6) is 0.239. The molecule has 18 heavy (non-hydrogen) atoms. The Hall–Kier alpha value is -1.56. The number of hydrogen-bond donors (Lipinski definition) is 2. The van der Waals surface area contributed by atoms with Gasteiger partial charge in [-0.1, -0.05) is 13.8 Å². The van der Waals surface area contributed by atoms with Crippen molar-refractivity contribution in [2.75, 3.05) is 11.9 Å². The van der Waals surface area contributed by atoms with Gasteiger partial charge in [0, 0.05) is 0 Å². The van der Waals surface area contributed by atoms with Gasteiger partial charge in [-0.05, 0) is 32.2 Å². The second-order valence-corrected chi connectivity index (χ2v) is 4.37. The van der Waals surface area contributed by atoms with Gasteiger partial charge in [-0.15, -0.1) is 10.2 Å². The topological polar surface area (TPSA) is 79.8 Å². The molecule has 98 valence electrons. The number of nitrogens with one attached hydrogen (secondary N) is 2. The van der Waals surface area contributed by atoms with Crippen molar-refractivity contribution in [2.24, 2.45) is 0 Å².